The molecule has 286 valence electrons. The molecule has 0 saturated carbocycles. The standard InChI is InChI=1S/C38H37F11N3O/c1-8-50-20(36(4,5)22-24(39)26(41)28(43)30(45)33(22)50)16-14-18-12-11-13-19(32(18)52(10-3)35(53)38(47,48)49)15-17-21-37(6,7)23-25(40)27(42)29(44)31(46)34(23)51(21)9-2/h14-17H,8-13H2,1-7H3/q+1. The minimum Gasteiger partial charge on any atom is -0.342 e. The molecule has 0 unspecified atom stereocenters. The van der Waals surface area contributed by atoms with Gasteiger partial charge in [-0.05, 0) is 71.1 Å². The van der Waals surface area contributed by atoms with Gasteiger partial charge in [-0.25, -0.2) is 30.7 Å². The first-order valence-electron chi connectivity index (χ1n) is 17.0. The van der Waals surface area contributed by atoms with E-state index in [4.69, 9.17) is 0 Å². The Labute approximate surface area is 299 Å². The molecule has 1 amide bonds. The van der Waals surface area contributed by atoms with Crippen LogP contribution in [0.25, 0.3) is 0 Å². The van der Waals surface area contributed by atoms with Gasteiger partial charge >= 0.3 is 12.1 Å². The highest BCUT2D eigenvalue weighted by Gasteiger charge is 2.51. The van der Waals surface area contributed by atoms with E-state index >= 15 is 17.6 Å². The quantitative estimate of drug-likeness (QED) is 0.122. The second-order valence-corrected chi connectivity index (χ2v) is 13.9. The van der Waals surface area contributed by atoms with Crippen LogP contribution in [0.2, 0.25) is 0 Å². The molecule has 0 saturated heterocycles. The largest absolute Gasteiger partial charge is 0.471 e. The fourth-order valence-electron chi connectivity index (χ4n) is 7.81. The number of likely N-dealkylation sites (N-methyl/N-ethyl adjacent to an activating group) is 2. The van der Waals surface area contributed by atoms with Gasteiger partial charge in [0.05, 0.1) is 22.4 Å². The molecule has 0 bridgehead atoms. The van der Waals surface area contributed by atoms with Crippen LogP contribution in [0, 0.1) is 46.5 Å². The third kappa shape index (κ3) is 6.07. The van der Waals surface area contributed by atoms with Crippen LogP contribution in [0.4, 0.5) is 59.7 Å². The molecule has 3 aliphatic rings. The van der Waals surface area contributed by atoms with E-state index in [2.05, 4.69) is 0 Å². The van der Waals surface area contributed by atoms with E-state index in [1.165, 1.54) is 68.4 Å². The smallest absolute Gasteiger partial charge is 0.342 e. The molecule has 1 aliphatic carbocycles. The Morgan fingerprint density at radius 1 is 0.755 bits per heavy atom. The van der Waals surface area contributed by atoms with Crippen LogP contribution in [-0.2, 0) is 15.6 Å². The molecular weight excluding hydrogens is 723 g/mol. The fourth-order valence-corrected chi connectivity index (χ4v) is 7.81. The lowest BCUT2D eigenvalue weighted by molar-refractivity contribution is -0.435. The fraction of sp³-hybridized carbons (Fsp3) is 0.421. The van der Waals surface area contributed by atoms with E-state index < -0.39 is 98.5 Å². The highest BCUT2D eigenvalue weighted by molar-refractivity contribution is 6.03. The molecule has 53 heavy (non-hydrogen) atoms. The lowest BCUT2D eigenvalue weighted by atomic mass is 9.80. The third-order valence-corrected chi connectivity index (χ3v) is 10.2. The maximum atomic E-state index is 15.2. The van der Waals surface area contributed by atoms with Gasteiger partial charge in [0.1, 0.15) is 6.54 Å². The van der Waals surface area contributed by atoms with E-state index in [0.29, 0.717) is 11.3 Å². The summed E-state index contributed by atoms with van der Waals surface area (Å²) in [5.41, 5.74) is -4.25. The number of alkyl halides is 3. The van der Waals surface area contributed by atoms with Crippen molar-refractivity contribution in [2.75, 3.05) is 24.5 Å². The van der Waals surface area contributed by atoms with Crippen molar-refractivity contribution in [1.29, 1.82) is 0 Å². The number of allylic oxidation sites excluding steroid dienone is 7. The lowest BCUT2D eigenvalue weighted by Crippen LogP contribution is -2.41. The molecule has 5 rings (SSSR count). The van der Waals surface area contributed by atoms with Crippen LogP contribution in [0.15, 0.2) is 46.8 Å². The van der Waals surface area contributed by atoms with E-state index in [1.54, 1.807) is 13.8 Å². The predicted molar refractivity (Wildman–Crippen MR) is 177 cm³/mol. The van der Waals surface area contributed by atoms with Gasteiger partial charge in [-0.1, -0.05) is 26.0 Å². The lowest BCUT2D eigenvalue weighted by Gasteiger charge is -2.32. The molecule has 0 spiro atoms. The predicted octanol–water partition coefficient (Wildman–Crippen LogP) is 10.2. The molecule has 2 aliphatic heterocycles. The van der Waals surface area contributed by atoms with Gasteiger partial charge in [0.2, 0.25) is 11.6 Å². The highest BCUT2D eigenvalue weighted by Crippen LogP contribution is 2.51. The van der Waals surface area contributed by atoms with Gasteiger partial charge in [0, 0.05) is 35.8 Å². The van der Waals surface area contributed by atoms with Crippen molar-refractivity contribution in [3.63, 3.8) is 0 Å². The van der Waals surface area contributed by atoms with Crippen LogP contribution < -0.4 is 4.90 Å². The molecule has 0 atom stereocenters. The van der Waals surface area contributed by atoms with E-state index in [9.17, 15) is 35.5 Å². The second kappa shape index (κ2) is 13.8. The summed E-state index contributed by atoms with van der Waals surface area (Å²) in [4.78, 5) is 14.6. The number of hydrogen-bond acceptors (Lipinski definition) is 2. The number of benzene rings is 2. The minimum absolute atomic E-state index is 0.0309. The monoisotopic (exact) mass is 760 g/mol. The van der Waals surface area contributed by atoms with Crippen LogP contribution in [-0.4, -0.2) is 46.9 Å². The number of nitrogens with zero attached hydrogens (tertiary/aromatic N) is 3. The van der Waals surface area contributed by atoms with Crippen LogP contribution >= 0.6 is 0 Å². The Balaban J connectivity index is 1.73. The number of halogens is 11. The van der Waals surface area contributed by atoms with Crippen LogP contribution in [0.5, 0.6) is 0 Å². The molecule has 2 aromatic rings. The number of carbonyl (C=O) groups is 1. The maximum absolute atomic E-state index is 15.2. The molecule has 2 aromatic carbocycles. The van der Waals surface area contributed by atoms with Crippen molar-refractivity contribution >= 4 is 23.0 Å². The SMILES string of the molecule is CCN(C(=O)C(F)(F)F)C1=C(/C=C/C2=[N+](CC)c3c(F)c(F)c(F)c(F)c3C2(C)C)CCC/C1=C\C=C1/N(CC)c2c(F)c(F)c(F)c(F)c2C1(C)C. The Morgan fingerprint density at radius 2 is 1.32 bits per heavy atom. The van der Waals surface area contributed by atoms with Gasteiger partial charge in [0.25, 0.3) is 5.69 Å². The first kappa shape index (κ1) is 39.8. The van der Waals surface area contributed by atoms with Gasteiger partial charge in [0.15, 0.2) is 40.6 Å². The number of rotatable bonds is 7. The summed E-state index contributed by atoms with van der Waals surface area (Å²) in [6.07, 6.45) is 0.839. The average molecular weight is 761 g/mol. The van der Waals surface area contributed by atoms with Gasteiger partial charge in [-0.3, -0.25) is 4.79 Å². The molecule has 4 nitrogen and oxygen atoms in total. The van der Waals surface area contributed by atoms with Crippen molar-refractivity contribution < 1.29 is 57.7 Å². The average Bonchev–Trinajstić information content (AvgIpc) is 3.47. The van der Waals surface area contributed by atoms with E-state index in [0.717, 1.165) is 0 Å². The molecule has 0 aromatic heterocycles. The number of anilines is 1. The second-order valence-electron chi connectivity index (χ2n) is 13.9. The summed E-state index contributed by atoms with van der Waals surface area (Å²) in [5, 5.41) is 0. The summed E-state index contributed by atoms with van der Waals surface area (Å²) in [7, 11) is 0. The summed E-state index contributed by atoms with van der Waals surface area (Å²) in [6, 6.07) is 0. The van der Waals surface area contributed by atoms with E-state index in [1.807, 2.05) is 0 Å². The molecule has 0 N–H and O–H groups in total. The van der Waals surface area contributed by atoms with Crippen molar-refractivity contribution in [3.8, 4) is 0 Å². The van der Waals surface area contributed by atoms with Crippen LogP contribution in [0.3, 0.4) is 0 Å². The summed E-state index contributed by atoms with van der Waals surface area (Å²) < 4.78 is 161. The molecule has 2 heterocycles. The number of fused-ring (bicyclic) bond motifs is 2. The van der Waals surface area contributed by atoms with Gasteiger partial charge in [-0.2, -0.15) is 22.1 Å². The molecule has 0 fully saturated rings. The Bertz CT molecular complexity index is 2070. The van der Waals surface area contributed by atoms with Crippen LogP contribution in [0.1, 0.15) is 78.9 Å². The summed E-state index contributed by atoms with van der Waals surface area (Å²) in [6.45, 7) is 9.72. The Hall–Kier alpha value is -4.43. The Morgan fingerprint density at radius 3 is 1.87 bits per heavy atom. The summed E-state index contributed by atoms with van der Waals surface area (Å²) >= 11 is 0. The number of carbonyl (C=O) groups excluding carboxylic acids is 1. The highest BCUT2D eigenvalue weighted by atomic mass is 19.4. The van der Waals surface area contributed by atoms with Crippen molar-refractivity contribution in [1.82, 2.24) is 4.90 Å². The van der Waals surface area contributed by atoms with Crippen molar-refractivity contribution in [2.45, 2.75) is 84.7 Å². The number of hydrogen-bond donors (Lipinski definition) is 0. The zero-order valence-electron chi connectivity index (χ0n) is 30.0. The first-order chi connectivity index (χ1) is 24.6. The Kier molecular flexibility index (Phi) is 10.3. The number of amides is 1. The molecule has 15 heteroatoms. The van der Waals surface area contributed by atoms with Gasteiger partial charge in [-0.15, -0.1) is 0 Å². The van der Waals surface area contributed by atoms with E-state index in [-0.39, 0.29) is 54.2 Å². The van der Waals surface area contributed by atoms with Crippen molar-refractivity contribution in [3.05, 3.63) is 105 Å². The van der Waals surface area contributed by atoms with Crippen molar-refractivity contribution in [2.24, 2.45) is 0 Å². The molecule has 0 radical (unpaired) electrons. The first-order valence-corrected chi connectivity index (χ1v) is 17.0. The normalized spacial score (nSPS) is 19.7. The molecular formula is C38H37F11N3O+. The topological polar surface area (TPSA) is 26.6 Å². The third-order valence-electron chi connectivity index (χ3n) is 10.2. The minimum atomic E-state index is -5.30. The zero-order valence-corrected chi connectivity index (χ0v) is 30.0. The zero-order chi connectivity index (χ0) is 39.7. The maximum Gasteiger partial charge on any atom is 0.471 e. The van der Waals surface area contributed by atoms with Gasteiger partial charge < -0.3 is 9.80 Å². The summed E-state index contributed by atoms with van der Waals surface area (Å²) in [5.74, 6) is -16.5.